The second-order valence-corrected chi connectivity index (χ2v) is 2.89. The Bertz CT molecular complexity index is 96.4. The molecule has 2 nitrogen and oxygen atoms in total. The molecule has 0 rings (SSSR count). The van der Waals surface area contributed by atoms with E-state index in [0.29, 0.717) is 12.5 Å². The number of halogens is 2. The summed E-state index contributed by atoms with van der Waals surface area (Å²) in [6.07, 6.45) is -2.29. The van der Waals surface area contributed by atoms with Crippen LogP contribution in [0.1, 0.15) is 13.8 Å². The van der Waals surface area contributed by atoms with E-state index in [1.165, 1.54) is 0 Å². The van der Waals surface area contributed by atoms with Crippen molar-refractivity contribution in [3.05, 3.63) is 0 Å². The van der Waals surface area contributed by atoms with E-state index in [-0.39, 0.29) is 12.6 Å². The van der Waals surface area contributed by atoms with Gasteiger partial charge in [0.05, 0.1) is 6.54 Å². The molecular formula is C7H16F2N2. The first-order valence-electron chi connectivity index (χ1n) is 3.79. The van der Waals surface area contributed by atoms with Crippen molar-refractivity contribution >= 4 is 0 Å². The second kappa shape index (κ2) is 5.43. The summed E-state index contributed by atoms with van der Waals surface area (Å²) in [6.45, 7) is 4.05. The summed E-state index contributed by atoms with van der Waals surface area (Å²) in [7, 11) is 0. The molecule has 0 radical (unpaired) electrons. The van der Waals surface area contributed by atoms with E-state index in [2.05, 4.69) is 5.32 Å². The lowest BCUT2D eigenvalue weighted by atomic mass is 10.1. The predicted octanol–water partition coefficient (Wildman–Crippen LogP) is 0.824. The van der Waals surface area contributed by atoms with Crippen LogP contribution >= 0.6 is 0 Å². The number of nitrogens with one attached hydrogen (secondary N) is 1. The third-order valence-corrected chi connectivity index (χ3v) is 1.59. The molecule has 11 heavy (non-hydrogen) atoms. The Labute approximate surface area is 66.1 Å². The summed E-state index contributed by atoms with van der Waals surface area (Å²) in [6, 6.07) is 0.00370. The van der Waals surface area contributed by atoms with Crippen molar-refractivity contribution in [2.45, 2.75) is 26.3 Å². The highest BCUT2D eigenvalue weighted by molar-refractivity contribution is 4.71. The number of alkyl halides is 2. The summed E-state index contributed by atoms with van der Waals surface area (Å²) in [5.41, 5.74) is 5.35. The van der Waals surface area contributed by atoms with Crippen LogP contribution < -0.4 is 11.1 Å². The molecule has 0 aromatic rings. The number of hydrogen-bond acceptors (Lipinski definition) is 2. The van der Waals surface area contributed by atoms with Gasteiger partial charge in [0.15, 0.2) is 0 Å². The lowest BCUT2D eigenvalue weighted by Crippen LogP contribution is -2.42. The van der Waals surface area contributed by atoms with Crippen LogP contribution in [0, 0.1) is 5.92 Å². The van der Waals surface area contributed by atoms with Gasteiger partial charge >= 0.3 is 0 Å². The lowest BCUT2D eigenvalue weighted by molar-refractivity contribution is 0.138. The van der Waals surface area contributed by atoms with Crippen LogP contribution in [0.15, 0.2) is 0 Å². The Morgan fingerprint density at radius 2 is 1.91 bits per heavy atom. The van der Waals surface area contributed by atoms with Crippen LogP contribution in [0.5, 0.6) is 0 Å². The summed E-state index contributed by atoms with van der Waals surface area (Å²) in [5.74, 6) is 0.304. The Balaban J connectivity index is 3.52. The van der Waals surface area contributed by atoms with Crippen molar-refractivity contribution in [2.24, 2.45) is 11.7 Å². The second-order valence-electron chi connectivity index (χ2n) is 2.89. The average molecular weight is 166 g/mol. The lowest BCUT2D eigenvalue weighted by Gasteiger charge is -2.19. The highest BCUT2D eigenvalue weighted by Gasteiger charge is 2.12. The third kappa shape index (κ3) is 5.09. The third-order valence-electron chi connectivity index (χ3n) is 1.59. The van der Waals surface area contributed by atoms with Crippen LogP contribution in [-0.4, -0.2) is 25.6 Å². The molecule has 0 spiro atoms. The van der Waals surface area contributed by atoms with Crippen molar-refractivity contribution in [2.75, 3.05) is 13.1 Å². The zero-order valence-electron chi connectivity index (χ0n) is 6.98. The molecule has 0 aliphatic rings. The molecule has 68 valence electrons. The van der Waals surface area contributed by atoms with Gasteiger partial charge in [0.25, 0.3) is 6.43 Å². The van der Waals surface area contributed by atoms with E-state index < -0.39 is 6.43 Å². The fourth-order valence-corrected chi connectivity index (χ4v) is 0.832. The smallest absolute Gasteiger partial charge is 0.250 e. The molecule has 1 unspecified atom stereocenters. The van der Waals surface area contributed by atoms with Gasteiger partial charge in [-0.3, -0.25) is 0 Å². The van der Waals surface area contributed by atoms with E-state index in [0.717, 1.165) is 0 Å². The van der Waals surface area contributed by atoms with Gasteiger partial charge in [-0.1, -0.05) is 13.8 Å². The van der Waals surface area contributed by atoms with E-state index in [1.54, 1.807) is 0 Å². The zero-order valence-corrected chi connectivity index (χ0v) is 6.98. The van der Waals surface area contributed by atoms with Crippen LogP contribution in [0.3, 0.4) is 0 Å². The summed E-state index contributed by atoms with van der Waals surface area (Å²) < 4.78 is 23.4. The maximum absolute atomic E-state index is 11.7. The Morgan fingerprint density at radius 3 is 2.18 bits per heavy atom. The minimum atomic E-state index is -2.29. The molecule has 0 heterocycles. The first-order chi connectivity index (χ1) is 5.07. The fourth-order valence-electron chi connectivity index (χ4n) is 0.832. The van der Waals surface area contributed by atoms with Crippen molar-refractivity contribution < 1.29 is 8.78 Å². The van der Waals surface area contributed by atoms with Gasteiger partial charge in [-0.25, -0.2) is 8.78 Å². The molecule has 0 bridgehead atoms. The molecule has 0 aliphatic carbocycles. The number of nitrogens with two attached hydrogens (primary N) is 1. The molecule has 0 aliphatic heterocycles. The van der Waals surface area contributed by atoms with E-state index >= 15 is 0 Å². The molecule has 0 saturated heterocycles. The maximum atomic E-state index is 11.7. The van der Waals surface area contributed by atoms with Crippen molar-refractivity contribution in [1.82, 2.24) is 5.32 Å². The molecular weight excluding hydrogens is 150 g/mol. The molecule has 0 aromatic carbocycles. The van der Waals surface area contributed by atoms with Crippen LogP contribution in [-0.2, 0) is 0 Å². The van der Waals surface area contributed by atoms with Gasteiger partial charge in [-0.2, -0.15) is 0 Å². The number of hydrogen-bond donors (Lipinski definition) is 2. The first kappa shape index (κ1) is 10.8. The first-order valence-corrected chi connectivity index (χ1v) is 3.79. The quantitative estimate of drug-likeness (QED) is 0.634. The van der Waals surface area contributed by atoms with E-state index in [4.69, 9.17) is 5.73 Å². The van der Waals surface area contributed by atoms with Gasteiger partial charge in [-0.05, 0) is 5.92 Å². The van der Waals surface area contributed by atoms with Crippen molar-refractivity contribution in [3.8, 4) is 0 Å². The molecule has 3 N–H and O–H groups in total. The normalized spacial score (nSPS) is 14.5. The van der Waals surface area contributed by atoms with Gasteiger partial charge in [0, 0.05) is 12.6 Å². The predicted molar refractivity (Wildman–Crippen MR) is 41.7 cm³/mol. The van der Waals surface area contributed by atoms with Crippen molar-refractivity contribution in [3.63, 3.8) is 0 Å². The minimum absolute atomic E-state index is 0.00370. The molecule has 0 fully saturated rings. The topological polar surface area (TPSA) is 38.0 Å². The summed E-state index contributed by atoms with van der Waals surface area (Å²) >= 11 is 0. The average Bonchev–Trinajstić information content (AvgIpc) is 1.87. The standard InChI is InChI=1S/C7H16F2N2/c1-5(2)6(3-10)11-4-7(8)9/h5-7,11H,3-4,10H2,1-2H3. The van der Waals surface area contributed by atoms with Crippen LogP contribution in [0.25, 0.3) is 0 Å². The monoisotopic (exact) mass is 166 g/mol. The zero-order chi connectivity index (χ0) is 8.85. The SMILES string of the molecule is CC(C)C(CN)NCC(F)F. The molecule has 0 saturated carbocycles. The van der Waals surface area contributed by atoms with Crippen molar-refractivity contribution in [1.29, 1.82) is 0 Å². The largest absolute Gasteiger partial charge is 0.329 e. The summed E-state index contributed by atoms with van der Waals surface area (Å²) in [5, 5.41) is 2.69. The fraction of sp³-hybridized carbons (Fsp3) is 1.00. The van der Waals surface area contributed by atoms with Gasteiger partial charge in [0.1, 0.15) is 0 Å². The Kier molecular flexibility index (Phi) is 5.32. The van der Waals surface area contributed by atoms with Gasteiger partial charge in [-0.15, -0.1) is 0 Å². The highest BCUT2D eigenvalue weighted by Crippen LogP contribution is 2.00. The van der Waals surface area contributed by atoms with Crippen LogP contribution in [0.2, 0.25) is 0 Å². The molecule has 1 atom stereocenters. The Hall–Kier alpha value is -0.220. The van der Waals surface area contributed by atoms with Gasteiger partial charge in [0.2, 0.25) is 0 Å². The van der Waals surface area contributed by atoms with E-state index in [1.807, 2.05) is 13.8 Å². The molecule has 0 aromatic heterocycles. The van der Waals surface area contributed by atoms with Gasteiger partial charge < -0.3 is 11.1 Å². The minimum Gasteiger partial charge on any atom is -0.329 e. The van der Waals surface area contributed by atoms with Crippen LogP contribution in [0.4, 0.5) is 8.78 Å². The maximum Gasteiger partial charge on any atom is 0.250 e. The molecule has 4 heteroatoms. The summed E-state index contributed by atoms with van der Waals surface area (Å²) in [4.78, 5) is 0. The number of rotatable bonds is 5. The Morgan fingerprint density at radius 1 is 1.36 bits per heavy atom. The van der Waals surface area contributed by atoms with E-state index in [9.17, 15) is 8.78 Å². The molecule has 0 amide bonds. The highest BCUT2D eigenvalue weighted by atomic mass is 19.3.